The molecular weight excluding hydrogens is 464 g/mol. The molecule has 1 atom stereocenters. The fourth-order valence-electron chi connectivity index (χ4n) is 4.78. The van der Waals surface area contributed by atoms with E-state index >= 15 is 0 Å². The van der Waals surface area contributed by atoms with E-state index in [1.165, 1.54) is 16.7 Å². The van der Waals surface area contributed by atoms with Crippen LogP contribution >= 0.6 is 0 Å². The van der Waals surface area contributed by atoms with Gasteiger partial charge in [0, 0.05) is 24.2 Å². The van der Waals surface area contributed by atoms with Gasteiger partial charge in [0.2, 0.25) is 0 Å². The third-order valence-corrected chi connectivity index (χ3v) is 6.84. The highest BCUT2D eigenvalue weighted by atomic mass is 16.3. The first-order valence-corrected chi connectivity index (χ1v) is 12.8. The van der Waals surface area contributed by atoms with E-state index in [4.69, 9.17) is 4.42 Å². The first-order valence-electron chi connectivity index (χ1n) is 12.8. The maximum Gasteiger partial charge on any atom is 0.252 e. The second-order valence-corrected chi connectivity index (χ2v) is 9.49. The Morgan fingerprint density at radius 2 is 1.84 bits per heavy atom. The van der Waals surface area contributed by atoms with Crippen molar-refractivity contribution >= 4 is 10.9 Å². The molecule has 0 unspecified atom stereocenters. The molecule has 0 bridgehead atoms. The topological polar surface area (TPSA) is 92.8 Å². The monoisotopic (exact) mass is 496 g/mol. The van der Waals surface area contributed by atoms with Gasteiger partial charge in [-0.1, -0.05) is 49.7 Å². The molecule has 0 amide bonds. The second kappa shape index (κ2) is 10.9. The molecule has 190 valence electrons. The Morgan fingerprint density at radius 1 is 1.03 bits per heavy atom. The smallest absolute Gasteiger partial charge is 0.252 e. The summed E-state index contributed by atoms with van der Waals surface area (Å²) >= 11 is 0. The predicted octanol–water partition coefficient (Wildman–Crippen LogP) is 5.18. The summed E-state index contributed by atoms with van der Waals surface area (Å²) in [6, 6.07) is 20.4. The minimum Gasteiger partial charge on any atom is -0.467 e. The van der Waals surface area contributed by atoms with Crippen molar-refractivity contribution in [3.05, 3.63) is 111 Å². The lowest BCUT2D eigenvalue weighted by Gasteiger charge is -2.30. The van der Waals surface area contributed by atoms with Crippen LogP contribution in [0.1, 0.15) is 60.1 Å². The fourth-order valence-corrected chi connectivity index (χ4v) is 4.78. The maximum absolute atomic E-state index is 13.2. The lowest BCUT2D eigenvalue weighted by molar-refractivity contribution is 0.161. The highest BCUT2D eigenvalue weighted by Crippen LogP contribution is 2.27. The summed E-state index contributed by atoms with van der Waals surface area (Å²) < 4.78 is 7.32. The van der Waals surface area contributed by atoms with E-state index in [0.717, 1.165) is 40.9 Å². The minimum atomic E-state index is -0.108. The standard InChI is InChI=1S/C29H32N6O2/c1-4-21-12-13-26-23(15-21)16-24(29(36)30-26)18-34(17-22-10-8-20(3)9-11-22)27(5-2)28-31-32-33-35(28)19-25-7-6-14-37-25/h6-16,27H,4-5,17-19H2,1-3H3,(H,30,36)/t27-/m1/s1. The van der Waals surface area contributed by atoms with Crippen molar-refractivity contribution in [1.29, 1.82) is 0 Å². The molecule has 5 rings (SSSR count). The van der Waals surface area contributed by atoms with Crippen LogP contribution in [0.25, 0.3) is 10.9 Å². The Kier molecular flexibility index (Phi) is 7.28. The molecule has 0 saturated carbocycles. The molecule has 1 N–H and O–H groups in total. The zero-order valence-corrected chi connectivity index (χ0v) is 21.5. The highest BCUT2D eigenvalue weighted by molar-refractivity contribution is 5.79. The summed E-state index contributed by atoms with van der Waals surface area (Å²) in [6.07, 6.45) is 3.37. The Balaban J connectivity index is 1.52. The van der Waals surface area contributed by atoms with Gasteiger partial charge in [-0.05, 0) is 77.0 Å². The van der Waals surface area contributed by atoms with E-state index in [1.54, 1.807) is 10.9 Å². The van der Waals surface area contributed by atoms with Gasteiger partial charge < -0.3 is 9.40 Å². The number of tetrazole rings is 1. The number of hydrogen-bond donors (Lipinski definition) is 1. The molecular formula is C29H32N6O2. The molecule has 2 aromatic carbocycles. The minimum absolute atomic E-state index is 0.0734. The number of benzene rings is 2. The van der Waals surface area contributed by atoms with E-state index in [-0.39, 0.29) is 11.6 Å². The molecule has 0 aliphatic heterocycles. The number of pyridine rings is 1. The van der Waals surface area contributed by atoms with E-state index < -0.39 is 0 Å². The molecule has 5 aromatic rings. The van der Waals surface area contributed by atoms with Crippen LogP contribution in [0.2, 0.25) is 0 Å². The molecule has 0 radical (unpaired) electrons. The third-order valence-electron chi connectivity index (χ3n) is 6.84. The summed E-state index contributed by atoms with van der Waals surface area (Å²) in [5, 5.41) is 13.7. The summed E-state index contributed by atoms with van der Waals surface area (Å²) in [4.78, 5) is 18.5. The van der Waals surface area contributed by atoms with Crippen LogP contribution in [0.3, 0.4) is 0 Å². The Labute approximate surface area is 215 Å². The third kappa shape index (κ3) is 5.54. The second-order valence-electron chi connectivity index (χ2n) is 9.49. The van der Waals surface area contributed by atoms with Gasteiger partial charge in [-0.2, -0.15) is 0 Å². The molecule has 0 aliphatic carbocycles. The maximum atomic E-state index is 13.2. The fraction of sp³-hybridized carbons (Fsp3) is 0.310. The lowest BCUT2D eigenvalue weighted by atomic mass is 10.0. The number of hydrogen-bond acceptors (Lipinski definition) is 6. The highest BCUT2D eigenvalue weighted by Gasteiger charge is 2.26. The number of nitrogens with one attached hydrogen (secondary N) is 1. The van der Waals surface area contributed by atoms with Crippen LogP contribution in [-0.4, -0.2) is 30.1 Å². The molecule has 37 heavy (non-hydrogen) atoms. The Morgan fingerprint density at radius 3 is 2.57 bits per heavy atom. The lowest BCUT2D eigenvalue weighted by Crippen LogP contribution is -2.32. The van der Waals surface area contributed by atoms with Gasteiger partial charge in [0.1, 0.15) is 12.3 Å². The van der Waals surface area contributed by atoms with Crippen LogP contribution in [-0.2, 0) is 26.1 Å². The van der Waals surface area contributed by atoms with Gasteiger partial charge in [-0.25, -0.2) is 4.68 Å². The number of rotatable bonds is 10. The normalized spacial score (nSPS) is 12.4. The largest absolute Gasteiger partial charge is 0.467 e. The molecule has 0 aliphatic rings. The number of aryl methyl sites for hydroxylation is 2. The average Bonchev–Trinajstić information content (AvgIpc) is 3.59. The molecule has 3 heterocycles. The Bertz CT molecular complexity index is 1520. The van der Waals surface area contributed by atoms with Crippen molar-refractivity contribution < 1.29 is 4.42 Å². The number of nitrogens with zero attached hydrogens (tertiary/aromatic N) is 5. The zero-order chi connectivity index (χ0) is 25.8. The number of furan rings is 1. The summed E-state index contributed by atoms with van der Waals surface area (Å²) in [6.45, 7) is 7.89. The Hall–Kier alpha value is -4.04. The van der Waals surface area contributed by atoms with Gasteiger partial charge >= 0.3 is 0 Å². The van der Waals surface area contributed by atoms with E-state index in [2.05, 4.69) is 82.6 Å². The van der Waals surface area contributed by atoms with E-state index in [0.29, 0.717) is 19.6 Å². The van der Waals surface area contributed by atoms with Gasteiger partial charge in [0.25, 0.3) is 5.56 Å². The van der Waals surface area contributed by atoms with Crippen molar-refractivity contribution in [3.8, 4) is 0 Å². The van der Waals surface area contributed by atoms with E-state index in [9.17, 15) is 4.79 Å². The molecule has 8 heteroatoms. The van der Waals surface area contributed by atoms with Crippen LogP contribution < -0.4 is 5.56 Å². The van der Waals surface area contributed by atoms with Gasteiger partial charge in [0.15, 0.2) is 5.82 Å². The van der Waals surface area contributed by atoms with Crippen molar-refractivity contribution in [2.75, 3.05) is 0 Å². The van der Waals surface area contributed by atoms with Crippen molar-refractivity contribution in [2.24, 2.45) is 0 Å². The van der Waals surface area contributed by atoms with Crippen molar-refractivity contribution in [1.82, 2.24) is 30.1 Å². The SMILES string of the molecule is CCc1ccc2[nH]c(=O)c(CN(Cc3ccc(C)cc3)[C@H](CC)c3nnnn3Cc3ccco3)cc2c1. The molecule has 8 nitrogen and oxygen atoms in total. The molecule has 0 spiro atoms. The van der Waals surface area contributed by atoms with Crippen LogP contribution in [0.4, 0.5) is 0 Å². The first-order chi connectivity index (χ1) is 18.0. The predicted molar refractivity (Wildman–Crippen MR) is 143 cm³/mol. The van der Waals surface area contributed by atoms with Gasteiger partial charge in [0.05, 0.1) is 12.3 Å². The molecule has 0 saturated heterocycles. The number of fused-ring (bicyclic) bond motifs is 1. The molecule has 0 fully saturated rings. The molecule has 3 aromatic heterocycles. The van der Waals surface area contributed by atoms with Crippen molar-refractivity contribution in [3.63, 3.8) is 0 Å². The van der Waals surface area contributed by atoms with Crippen LogP contribution in [0, 0.1) is 6.92 Å². The van der Waals surface area contributed by atoms with Gasteiger partial charge in [-0.3, -0.25) is 9.69 Å². The summed E-state index contributed by atoms with van der Waals surface area (Å²) in [5.74, 6) is 1.53. The first kappa shape index (κ1) is 24.6. The number of aromatic amines is 1. The quantitative estimate of drug-likeness (QED) is 0.286. The zero-order valence-electron chi connectivity index (χ0n) is 21.5. The van der Waals surface area contributed by atoms with Gasteiger partial charge in [-0.15, -0.1) is 5.10 Å². The van der Waals surface area contributed by atoms with Crippen LogP contribution in [0.15, 0.2) is 76.1 Å². The van der Waals surface area contributed by atoms with Crippen molar-refractivity contribution in [2.45, 2.75) is 59.3 Å². The summed E-state index contributed by atoms with van der Waals surface area (Å²) in [5.41, 5.74) is 5.12. The average molecular weight is 497 g/mol. The van der Waals surface area contributed by atoms with E-state index in [1.807, 2.05) is 24.3 Å². The summed E-state index contributed by atoms with van der Waals surface area (Å²) in [7, 11) is 0. The van der Waals surface area contributed by atoms with Crippen LogP contribution in [0.5, 0.6) is 0 Å². The number of aromatic nitrogens is 5. The number of H-pyrrole nitrogens is 1.